The molecule has 0 aromatic carbocycles. The van der Waals surface area contributed by atoms with Crippen LogP contribution in [-0.2, 0) is 23.8 Å². The lowest BCUT2D eigenvalue weighted by Gasteiger charge is -2.47. The second-order valence-electron chi connectivity index (χ2n) is 17.0. The lowest BCUT2D eigenvalue weighted by molar-refractivity contribution is -0.304. The number of cyclic esters (lactones) is 1. The molecule has 304 valence electrons. The molecule has 53 heavy (non-hydrogen) atoms. The molecule has 0 amide bonds. The molecule has 3 aliphatic heterocycles. The van der Waals surface area contributed by atoms with Crippen molar-refractivity contribution in [2.75, 3.05) is 40.3 Å². The maximum absolute atomic E-state index is 13.8. The number of rotatable bonds is 10. The normalized spacial score (nSPS) is 38.1. The van der Waals surface area contributed by atoms with Crippen molar-refractivity contribution in [2.24, 2.45) is 23.7 Å². The molecule has 12 atom stereocenters. The van der Waals surface area contributed by atoms with Crippen LogP contribution in [0.5, 0.6) is 0 Å². The van der Waals surface area contributed by atoms with Gasteiger partial charge in [0, 0.05) is 30.3 Å². The molecule has 4 aliphatic rings. The number of nitrogens with zero attached hydrogens (tertiary/aromatic N) is 2. The predicted molar refractivity (Wildman–Crippen MR) is 207 cm³/mol. The molecule has 4 rings (SSSR count). The zero-order chi connectivity index (χ0) is 38.7. The maximum atomic E-state index is 13.8. The van der Waals surface area contributed by atoms with Crippen LogP contribution in [0, 0.1) is 23.7 Å². The topological polar surface area (TPSA) is 141 Å². The Morgan fingerprint density at radius 2 is 1.64 bits per heavy atom. The van der Waals surface area contributed by atoms with Gasteiger partial charge in [0.25, 0.3) is 0 Å². The first kappa shape index (κ1) is 44.0. The Kier molecular flexibility index (Phi) is 17.9. The summed E-state index contributed by atoms with van der Waals surface area (Å²) in [6, 6.07) is -0.192. The zero-order valence-corrected chi connectivity index (χ0v) is 33.8. The molecule has 2 saturated heterocycles. The minimum Gasteiger partial charge on any atom is -0.462 e. The number of carbonyl (C=O) groups is 2. The largest absolute Gasteiger partial charge is 0.462 e. The van der Waals surface area contributed by atoms with Gasteiger partial charge in [-0.15, -0.1) is 0 Å². The van der Waals surface area contributed by atoms with Crippen molar-refractivity contribution in [3.63, 3.8) is 0 Å². The quantitative estimate of drug-likeness (QED) is 0.233. The van der Waals surface area contributed by atoms with Gasteiger partial charge in [-0.25, -0.2) is 0 Å². The predicted octanol–water partition coefficient (Wildman–Crippen LogP) is 4.62. The molecule has 1 saturated carbocycles. The van der Waals surface area contributed by atoms with E-state index in [0.717, 1.165) is 50.9 Å². The summed E-state index contributed by atoms with van der Waals surface area (Å²) in [6.45, 7) is 13.1. The van der Waals surface area contributed by atoms with Crippen LogP contribution in [-0.4, -0.2) is 132 Å². The van der Waals surface area contributed by atoms with Gasteiger partial charge in [0.05, 0.1) is 36.9 Å². The first-order valence-corrected chi connectivity index (χ1v) is 20.9. The van der Waals surface area contributed by atoms with Crippen LogP contribution in [0.1, 0.15) is 112 Å². The minimum absolute atomic E-state index is 0.0217. The van der Waals surface area contributed by atoms with Crippen molar-refractivity contribution in [1.82, 2.24) is 15.1 Å². The van der Waals surface area contributed by atoms with Gasteiger partial charge in [-0.2, -0.15) is 0 Å². The van der Waals surface area contributed by atoms with Crippen molar-refractivity contribution < 1.29 is 39.1 Å². The van der Waals surface area contributed by atoms with Crippen molar-refractivity contribution >= 4 is 11.8 Å². The molecular weight excluding hydrogens is 674 g/mol. The number of aliphatic hydroxyl groups is 3. The zero-order valence-electron chi connectivity index (χ0n) is 33.8. The molecule has 0 aromatic heterocycles. The second-order valence-corrected chi connectivity index (χ2v) is 17.0. The van der Waals surface area contributed by atoms with Crippen LogP contribution in [0.25, 0.3) is 0 Å². The number of ether oxygens (including phenoxy) is 3. The first-order chi connectivity index (χ1) is 25.3. The Morgan fingerprint density at radius 1 is 0.962 bits per heavy atom. The van der Waals surface area contributed by atoms with Crippen LogP contribution in [0.3, 0.4) is 0 Å². The molecule has 4 N–H and O–H groups in total. The molecule has 1 aliphatic carbocycles. The van der Waals surface area contributed by atoms with Gasteiger partial charge in [-0.3, -0.25) is 9.59 Å². The highest BCUT2D eigenvalue weighted by molar-refractivity contribution is 5.91. The first-order valence-electron chi connectivity index (χ1n) is 20.9. The number of allylic oxidation sites excluding steroid dienone is 3. The number of hydrogen-bond donors (Lipinski definition) is 4. The van der Waals surface area contributed by atoms with Crippen LogP contribution in [0.2, 0.25) is 0 Å². The van der Waals surface area contributed by atoms with E-state index < -0.39 is 60.8 Å². The number of hydrogen-bond acceptors (Lipinski definition) is 11. The third-order valence-corrected chi connectivity index (χ3v) is 12.5. The standard InChI is InChI=1S/C42H73N3O8/c1-8-36-32(26-43-33-15-11-9-12-16-33)23-27(2)17-18-34(46)28(3)24-31(19-22-45-20-13-10-14-21-45)41(29(4)35(47)25-37(48)52-36)53-42-40(50)38(44(6)7)39(49)30(5)51-42/h17-18,23,28-33,35-36,38-43,47,49-50H,8-16,19-22,24-26H2,1-7H3/t28?,29?,30-,31?,32?,35?,36?,38+,39-,40-,41?,42+/m1/s1. The number of aliphatic hydroxyl groups excluding tert-OH is 3. The smallest absolute Gasteiger partial charge is 0.308 e. The molecule has 11 nitrogen and oxygen atoms in total. The van der Waals surface area contributed by atoms with E-state index in [1.807, 2.05) is 33.8 Å². The Labute approximate surface area is 319 Å². The fourth-order valence-corrected chi connectivity index (χ4v) is 9.02. The molecule has 0 bridgehead atoms. The van der Waals surface area contributed by atoms with Crippen LogP contribution in [0.15, 0.2) is 23.8 Å². The SMILES string of the molecule is CCC1OC(=O)CC(O)C(C)C(O[C@@H]2O[C@H](C)[C@@H](O)[C@H](N(C)C)[C@H]2O)C(CCN2CCCCC2)CC(C)C(=O)C=CC(C)=CC1CNC1CCCCC1. The molecule has 11 heteroatoms. The molecule has 7 unspecified atom stereocenters. The summed E-state index contributed by atoms with van der Waals surface area (Å²) in [5.41, 5.74) is 0.939. The van der Waals surface area contributed by atoms with Gasteiger partial charge in [0.2, 0.25) is 0 Å². The van der Waals surface area contributed by atoms with Gasteiger partial charge >= 0.3 is 5.97 Å². The highest BCUT2D eigenvalue weighted by Gasteiger charge is 2.47. The number of carbonyl (C=O) groups excluding carboxylic acids is 2. The number of esters is 1. The summed E-state index contributed by atoms with van der Waals surface area (Å²) in [4.78, 5) is 31.7. The monoisotopic (exact) mass is 748 g/mol. The molecule has 3 heterocycles. The lowest BCUT2D eigenvalue weighted by Crippen LogP contribution is -2.63. The minimum atomic E-state index is -1.17. The van der Waals surface area contributed by atoms with E-state index in [9.17, 15) is 24.9 Å². The Balaban J connectivity index is 1.66. The van der Waals surface area contributed by atoms with Gasteiger partial charge < -0.3 is 44.6 Å². The van der Waals surface area contributed by atoms with Crippen LogP contribution in [0.4, 0.5) is 0 Å². The molecule has 0 spiro atoms. The van der Waals surface area contributed by atoms with Gasteiger partial charge in [-0.1, -0.05) is 64.2 Å². The van der Waals surface area contributed by atoms with Crippen LogP contribution < -0.4 is 5.32 Å². The fourth-order valence-electron chi connectivity index (χ4n) is 9.02. The lowest BCUT2D eigenvalue weighted by atomic mass is 9.79. The highest BCUT2D eigenvalue weighted by Crippen LogP contribution is 2.35. The Hall–Kier alpha value is -1.70. The maximum Gasteiger partial charge on any atom is 0.308 e. The fraction of sp³-hybridized carbons (Fsp3) is 0.857. The van der Waals surface area contributed by atoms with Crippen LogP contribution >= 0.6 is 0 Å². The van der Waals surface area contributed by atoms with E-state index in [2.05, 4.69) is 16.3 Å². The molecular formula is C42H73N3O8. The van der Waals surface area contributed by atoms with Crippen molar-refractivity contribution in [3.8, 4) is 0 Å². The number of likely N-dealkylation sites (N-methyl/N-ethyl adjacent to an activating group) is 1. The van der Waals surface area contributed by atoms with E-state index in [4.69, 9.17) is 14.2 Å². The van der Waals surface area contributed by atoms with E-state index in [1.54, 1.807) is 32.0 Å². The summed E-state index contributed by atoms with van der Waals surface area (Å²) in [6.07, 6.45) is 10.8. The average Bonchev–Trinajstić information content (AvgIpc) is 3.14. The van der Waals surface area contributed by atoms with Crippen molar-refractivity contribution in [1.29, 1.82) is 0 Å². The van der Waals surface area contributed by atoms with Gasteiger partial charge in [0.15, 0.2) is 12.1 Å². The molecule has 0 aromatic rings. The van der Waals surface area contributed by atoms with E-state index in [0.29, 0.717) is 31.8 Å². The van der Waals surface area contributed by atoms with Crippen molar-refractivity contribution in [2.45, 2.75) is 167 Å². The van der Waals surface area contributed by atoms with Gasteiger partial charge in [0.1, 0.15) is 12.2 Å². The average molecular weight is 748 g/mol. The summed E-state index contributed by atoms with van der Waals surface area (Å²) >= 11 is 0. The summed E-state index contributed by atoms with van der Waals surface area (Å²) in [5, 5.41) is 38.0. The summed E-state index contributed by atoms with van der Waals surface area (Å²) in [7, 11) is 3.60. The number of piperidine rings is 1. The highest BCUT2D eigenvalue weighted by atomic mass is 16.7. The summed E-state index contributed by atoms with van der Waals surface area (Å²) < 4.78 is 19.1. The Morgan fingerprint density at radius 3 is 2.30 bits per heavy atom. The third kappa shape index (κ3) is 12.9. The van der Waals surface area contributed by atoms with Gasteiger partial charge in [-0.05, 0) is 105 Å². The number of likely N-dealkylation sites (tertiary alicyclic amines) is 1. The molecule has 3 fully saturated rings. The number of nitrogens with one attached hydrogen (secondary N) is 1. The van der Waals surface area contributed by atoms with E-state index in [-0.39, 0.29) is 30.0 Å². The van der Waals surface area contributed by atoms with E-state index in [1.165, 1.54) is 25.7 Å². The third-order valence-electron chi connectivity index (χ3n) is 12.5. The second kappa shape index (κ2) is 21.6. The number of ketones is 1. The molecule has 0 radical (unpaired) electrons. The Bertz CT molecular complexity index is 1180. The van der Waals surface area contributed by atoms with Crippen molar-refractivity contribution in [3.05, 3.63) is 23.8 Å². The summed E-state index contributed by atoms with van der Waals surface area (Å²) in [5.74, 6) is -1.65. The van der Waals surface area contributed by atoms with E-state index >= 15 is 0 Å².